The van der Waals surface area contributed by atoms with Crippen molar-refractivity contribution >= 4 is 17.2 Å². The van der Waals surface area contributed by atoms with Gasteiger partial charge < -0.3 is 15.0 Å². The van der Waals surface area contributed by atoms with Crippen LogP contribution in [0.3, 0.4) is 0 Å². The van der Waals surface area contributed by atoms with Gasteiger partial charge in [-0.1, -0.05) is 6.07 Å². The zero-order valence-corrected chi connectivity index (χ0v) is 14.1. The van der Waals surface area contributed by atoms with Gasteiger partial charge in [0.1, 0.15) is 11.8 Å². The van der Waals surface area contributed by atoms with E-state index in [1.165, 1.54) is 9.78 Å². The van der Waals surface area contributed by atoms with Crippen molar-refractivity contribution in [3.8, 4) is 5.75 Å². The molecule has 22 heavy (non-hydrogen) atoms. The van der Waals surface area contributed by atoms with Gasteiger partial charge >= 0.3 is 0 Å². The van der Waals surface area contributed by atoms with E-state index >= 15 is 0 Å². The average molecular weight is 319 g/mol. The second-order valence-corrected chi connectivity index (χ2v) is 6.29. The zero-order chi connectivity index (χ0) is 15.9. The molecule has 118 valence electrons. The minimum atomic E-state index is -0.0501. The largest absolute Gasteiger partial charge is 0.494 e. The van der Waals surface area contributed by atoms with E-state index in [9.17, 15) is 4.79 Å². The monoisotopic (exact) mass is 319 g/mol. The number of carbonyl (C=O) groups is 1. The van der Waals surface area contributed by atoms with Crippen LogP contribution in [-0.2, 0) is 0 Å². The van der Waals surface area contributed by atoms with Crippen molar-refractivity contribution in [2.45, 2.75) is 13.0 Å². The van der Waals surface area contributed by atoms with Crippen LogP contribution in [-0.4, -0.2) is 33.2 Å². The van der Waals surface area contributed by atoms with Crippen LogP contribution in [0.4, 0.5) is 0 Å². The Morgan fingerprint density at radius 2 is 2.00 bits per heavy atom. The number of thiophene rings is 1. The van der Waals surface area contributed by atoms with Gasteiger partial charge in [0.2, 0.25) is 0 Å². The highest BCUT2D eigenvalue weighted by molar-refractivity contribution is 7.10. The predicted molar refractivity (Wildman–Crippen MR) is 89.8 cm³/mol. The van der Waals surface area contributed by atoms with Gasteiger partial charge in [0.05, 0.1) is 32.1 Å². The summed E-state index contributed by atoms with van der Waals surface area (Å²) in [6, 6.07) is 11.7. The topological polar surface area (TPSA) is 42.8 Å². The summed E-state index contributed by atoms with van der Waals surface area (Å²) >= 11 is 1.73. The van der Waals surface area contributed by atoms with Crippen LogP contribution in [0, 0.1) is 0 Å². The van der Waals surface area contributed by atoms with Crippen molar-refractivity contribution in [3.63, 3.8) is 0 Å². The average Bonchev–Trinajstić information content (AvgIpc) is 3.02. The van der Waals surface area contributed by atoms with Crippen LogP contribution in [0.15, 0.2) is 41.8 Å². The van der Waals surface area contributed by atoms with E-state index in [0.29, 0.717) is 18.7 Å². The Morgan fingerprint density at radius 1 is 1.27 bits per heavy atom. The molecule has 0 unspecified atom stereocenters. The summed E-state index contributed by atoms with van der Waals surface area (Å²) < 4.78 is 5.39. The Labute approximate surface area is 135 Å². The number of carbonyl (C=O) groups excluding carboxylic acids is 1. The SMILES string of the molecule is CCOc1ccc(C(=O)NC[C@@H](c2cccs2)[NH+](C)C)cc1. The minimum Gasteiger partial charge on any atom is -0.494 e. The summed E-state index contributed by atoms with van der Waals surface area (Å²) in [5.74, 6) is 0.735. The van der Waals surface area contributed by atoms with E-state index in [0.717, 1.165) is 5.75 Å². The molecule has 5 heteroatoms. The van der Waals surface area contributed by atoms with Crippen molar-refractivity contribution < 1.29 is 14.4 Å². The molecule has 0 aliphatic carbocycles. The van der Waals surface area contributed by atoms with Crippen LogP contribution < -0.4 is 15.0 Å². The van der Waals surface area contributed by atoms with Crippen LogP contribution in [0.25, 0.3) is 0 Å². The molecule has 2 rings (SSSR count). The number of nitrogens with one attached hydrogen (secondary N) is 2. The van der Waals surface area contributed by atoms with E-state index in [2.05, 4.69) is 30.9 Å². The summed E-state index contributed by atoms with van der Waals surface area (Å²) in [7, 11) is 4.21. The molecule has 2 N–H and O–H groups in total. The van der Waals surface area contributed by atoms with Crippen LogP contribution >= 0.6 is 11.3 Å². The molecule has 1 aromatic heterocycles. The predicted octanol–water partition coefficient (Wildman–Crippen LogP) is 1.76. The first kappa shape index (κ1) is 16.5. The van der Waals surface area contributed by atoms with Gasteiger partial charge in [-0.05, 0) is 42.6 Å². The van der Waals surface area contributed by atoms with Crippen LogP contribution in [0.2, 0.25) is 0 Å². The zero-order valence-electron chi connectivity index (χ0n) is 13.3. The number of likely N-dealkylation sites (N-methyl/N-ethyl adjacent to an activating group) is 1. The molecule has 0 saturated carbocycles. The highest BCUT2D eigenvalue weighted by Gasteiger charge is 2.20. The Morgan fingerprint density at radius 3 is 2.55 bits per heavy atom. The highest BCUT2D eigenvalue weighted by Crippen LogP contribution is 2.16. The van der Waals surface area contributed by atoms with Gasteiger partial charge in [0.15, 0.2) is 0 Å². The van der Waals surface area contributed by atoms with E-state index in [-0.39, 0.29) is 11.9 Å². The molecule has 0 aliphatic heterocycles. The minimum absolute atomic E-state index is 0.0501. The molecular formula is C17H23N2O2S+. The summed E-state index contributed by atoms with van der Waals surface area (Å²) in [6.45, 7) is 3.18. The lowest BCUT2D eigenvalue weighted by atomic mass is 10.2. The van der Waals surface area contributed by atoms with E-state index in [4.69, 9.17) is 4.74 Å². The number of hydrogen-bond donors (Lipinski definition) is 2. The highest BCUT2D eigenvalue weighted by atomic mass is 32.1. The molecule has 1 aromatic carbocycles. The van der Waals surface area contributed by atoms with Crippen molar-refractivity contribution in [3.05, 3.63) is 52.2 Å². The Bertz CT molecular complexity index is 579. The van der Waals surface area contributed by atoms with Crippen molar-refractivity contribution in [1.29, 1.82) is 0 Å². The molecule has 0 bridgehead atoms. The van der Waals surface area contributed by atoms with Crippen LogP contribution in [0.5, 0.6) is 5.75 Å². The van der Waals surface area contributed by atoms with E-state index in [1.54, 1.807) is 23.5 Å². The second-order valence-electron chi connectivity index (χ2n) is 5.31. The molecule has 0 radical (unpaired) electrons. The number of quaternary nitrogens is 1. The Kier molecular flexibility index (Phi) is 5.98. The fourth-order valence-electron chi connectivity index (χ4n) is 2.24. The van der Waals surface area contributed by atoms with Crippen molar-refractivity contribution in [2.24, 2.45) is 0 Å². The van der Waals surface area contributed by atoms with Crippen molar-refractivity contribution in [1.82, 2.24) is 5.32 Å². The first-order valence-corrected chi connectivity index (χ1v) is 8.34. The maximum absolute atomic E-state index is 12.3. The fourth-order valence-corrected chi connectivity index (χ4v) is 3.20. The summed E-state index contributed by atoms with van der Waals surface area (Å²) in [6.07, 6.45) is 0. The van der Waals surface area contributed by atoms with Crippen molar-refractivity contribution in [2.75, 3.05) is 27.2 Å². The molecule has 1 heterocycles. The number of hydrogen-bond acceptors (Lipinski definition) is 3. The number of benzene rings is 1. The van der Waals surface area contributed by atoms with Gasteiger partial charge in [0.25, 0.3) is 5.91 Å². The summed E-state index contributed by atoms with van der Waals surface area (Å²) in [5, 5.41) is 5.10. The lowest BCUT2D eigenvalue weighted by Gasteiger charge is -2.20. The van der Waals surface area contributed by atoms with Gasteiger partial charge in [-0.25, -0.2) is 0 Å². The molecular weight excluding hydrogens is 296 g/mol. The first-order valence-electron chi connectivity index (χ1n) is 7.46. The fraction of sp³-hybridized carbons (Fsp3) is 0.353. The number of amides is 1. The Balaban J connectivity index is 1.96. The molecule has 0 aliphatic rings. The maximum Gasteiger partial charge on any atom is 0.251 e. The Hall–Kier alpha value is -1.85. The van der Waals surface area contributed by atoms with Gasteiger partial charge in [-0.2, -0.15) is 0 Å². The van der Waals surface area contributed by atoms with E-state index < -0.39 is 0 Å². The standard InChI is InChI=1S/C17H22N2O2S/c1-4-21-14-9-7-13(8-10-14)17(20)18-12-15(19(2)3)16-6-5-11-22-16/h5-11,15H,4,12H2,1-3H3,(H,18,20)/p+1/t15-/m0/s1. The molecule has 0 saturated heterocycles. The quantitative estimate of drug-likeness (QED) is 0.817. The van der Waals surface area contributed by atoms with Crippen LogP contribution in [0.1, 0.15) is 28.2 Å². The third-order valence-corrected chi connectivity index (χ3v) is 4.46. The molecule has 4 nitrogen and oxygen atoms in total. The molecule has 0 fully saturated rings. The lowest BCUT2D eigenvalue weighted by Crippen LogP contribution is -3.06. The van der Waals surface area contributed by atoms with Gasteiger partial charge in [-0.3, -0.25) is 4.79 Å². The maximum atomic E-state index is 12.3. The third-order valence-electron chi connectivity index (χ3n) is 3.48. The molecule has 0 spiro atoms. The van der Waals surface area contributed by atoms with Gasteiger partial charge in [0, 0.05) is 5.56 Å². The smallest absolute Gasteiger partial charge is 0.251 e. The number of rotatable bonds is 7. The third kappa shape index (κ3) is 4.32. The summed E-state index contributed by atoms with van der Waals surface area (Å²) in [5.41, 5.74) is 0.655. The van der Waals surface area contributed by atoms with Gasteiger partial charge in [-0.15, -0.1) is 11.3 Å². The van der Waals surface area contributed by atoms with E-state index in [1.807, 2.05) is 25.1 Å². The molecule has 1 atom stereocenters. The second kappa shape index (κ2) is 7.96. The lowest BCUT2D eigenvalue weighted by molar-refractivity contribution is -0.890. The number of ether oxygens (including phenoxy) is 1. The summed E-state index contributed by atoms with van der Waals surface area (Å²) in [4.78, 5) is 14.8. The molecule has 1 amide bonds. The first-order chi connectivity index (χ1) is 10.6. The normalized spacial score (nSPS) is 12.2. The molecule has 2 aromatic rings.